The molecule has 7 heteroatoms. The van der Waals surface area contributed by atoms with Crippen LogP contribution in [0.5, 0.6) is 0 Å². The number of thioether (sulfide) groups is 1. The minimum Gasteiger partial charge on any atom is -0.375 e. The van der Waals surface area contributed by atoms with Crippen LogP contribution >= 0.6 is 11.8 Å². The predicted molar refractivity (Wildman–Crippen MR) is 66.5 cm³/mol. The molecule has 0 spiro atoms. The monoisotopic (exact) mass is 258 g/mol. The second-order valence-corrected chi connectivity index (χ2v) is 4.96. The molecule has 0 bridgehead atoms. The fourth-order valence-corrected chi connectivity index (χ4v) is 2.72. The summed E-state index contributed by atoms with van der Waals surface area (Å²) in [6.45, 7) is 5.30. The lowest BCUT2D eigenvalue weighted by Crippen LogP contribution is -2.39. The first-order valence-electron chi connectivity index (χ1n) is 5.91. The van der Waals surface area contributed by atoms with Crippen LogP contribution in [0.25, 0.3) is 0 Å². The normalized spacial score (nSPS) is 20.6. The first kappa shape index (κ1) is 12.7. The minimum atomic E-state index is -0.128. The summed E-state index contributed by atoms with van der Waals surface area (Å²) in [6, 6.07) is 0. The molecule has 1 aromatic heterocycles. The highest BCUT2D eigenvalue weighted by atomic mass is 32.2. The largest absolute Gasteiger partial charge is 0.375 e. The fraction of sp³-hybridized carbons (Fsp3) is 0.800. The maximum absolute atomic E-state index is 11.5. The Bertz CT molecular complexity index is 397. The van der Waals surface area contributed by atoms with Gasteiger partial charge in [0.25, 0.3) is 0 Å². The predicted octanol–water partition coefficient (Wildman–Crippen LogP) is 0.0619. The number of ether oxygens (including phenoxy) is 1. The molecule has 1 unspecified atom stereocenters. The Morgan fingerprint density at radius 1 is 1.65 bits per heavy atom. The van der Waals surface area contributed by atoms with Crippen LogP contribution in [0.4, 0.5) is 0 Å². The summed E-state index contributed by atoms with van der Waals surface area (Å²) in [5.74, 6) is 0.820. The maximum Gasteiger partial charge on any atom is 0.343 e. The van der Waals surface area contributed by atoms with E-state index in [2.05, 4.69) is 15.5 Å². The molecular weight excluding hydrogens is 240 g/mol. The van der Waals surface area contributed by atoms with E-state index in [1.54, 1.807) is 16.3 Å². The molecule has 0 amide bonds. The maximum atomic E-state index is 11.5. The van der Waals surface area contributed by atoms with Crippen LogP contribution in [-0.2, 0) is 11.3 Å². The Hall–Kier alpha value is -0.790. The Labute approximate surface area is 104 Å². The Morgan fingerprint density at radius 3 is 3.24 bits per heavy atom. The molecule has 1 aliphatic heterocycles. The number of hydrogen-bond acceptors (Lipinski definition) is 5. The van der Waals surface area contributed by atoms with Crippen molar-refractivity contribution in [2.75, 3.05) is 25.4 Å². The molecule has 1 aromatic rings. The van der Waals surface area contributed by atoms with Crippen molar-refractivity contribution in [2.45, 2.75) is 31.1 Å². The molecular formula is C10H18N4O2S. The third kappa shape index (κ3) is 3.34. The van der Waals surface area contributed by atoms with Gasteiger partial charge in [0.15, 0.2) is 5.16 Å². The fourth-order valence-electron chi connectivity index (χ4n) is 1.73. The summed E-state index contributed by atoms with van der Waals surface area (Å²) < 4.78 is 7.28. The highest BCUT2D eigenvalue weighted by molar-refractivity contribution is 7.99. The number of nitrogens with one attached hydrogen (secondary N) is 2. The van der Waals surface area contributed by atoms with E-state index < -0.39 is 0 Å². The van der Waals surface area contributed by atoms with Gasteiger partial charge in [-0.25, -0.2) is 9.89 Å². The van der Waals surface area contributed by atoms with Gasteiger partial charge in [-0.2, -0.15) is 0 Å². The van der Waals surface area contributed by atoms with Gasteiger partial charge in [0, 0.05) is 25.4 Å². The van der Waals surface area contributed by atoms with Crippen molar-refractivity contribution in [3.63, 3.8) is 0 Å². The zero-order valence-electron chi connectivity index (χ0n) is 9.94. The van der Waals surface area contributed by atoms with E-state index in [1.165, 1.54) is 0 Å². The van der Waals surface area contributed by atoms with Crippen molar-refractivity contribution in [1.82, 2.24) is 20.1 Å². The van der Waals surface area contributed by atoms with Crippen LogP contribution in [0, 0.1) is 0 Å². The van der Waals surface area contributed by atoms with Gasteiger partial charge in [-0.1, -0.05) is 18.7 Å². The molecule has 2 heterocycles. The Balaban J connectivity index is 1.91. The molecule has 6 nitrogen and oxygen atoms in total. The van der Waals surface area contributed by atoms with Gasteiger partial charge in [-0.15, -0.1) is 5.10 Å². The number of nitrogens with zero attached hydrogens (tertiary/aromatic N) is 2. The van der Waals surface area contributed by atoms with Crippen LogP contribution in [0.3, 0.4) is 0 Å². The number of aromatic nitrogens is 3. The molecule has 2 rings (SSSR count). The quantitative estimate of drug-likeness (QED) is 0.731. The average Bonchev–Trinajstić information content (AvgIpc) is 2.70. The molecule has 0 aliphatic carbocycles. The number of rotatable bonds is 5. The molecule has 2 N–H and O–H groups in total. The standard InChI is InChI=1S/C10H18N4O2S/c1-2-4-14-9(15)12-13-10(14)17-7-8-6-11-3-5-16-8/h8,11H,2-7H2,1H3,(H,12,15). The highest BCUT2D eigenvalue weighted by Crippen LogP contribution is 2.16. The van der Waals surface area contributed by atoms with Gasteiger partial charge >= 0.3 is 5.69 Å². The van der Waals surface area contributed by atoms with Gasteiger partial charge in [0.05, 0.1) is 12.7 Å². The van der Waals surface area contributed by atoms with E-state index >= 15 is 0 Å². The molecule has 1 fully saturated rings. The van der Waals surface area contributed by atoms with Crippen molar-refractivity contribution in [3.05, 3.63) is 10.5 Å². The first-order chi connectivity index (χ1) is 8.31. The number of H-pyrrole nitrogens is 1. The average molecular weight is 258 g/mol. The molecule has 1 atom stereocenters. The topological polar surface area (TPSA) is 71.9 Å². The van der Waals surface area contributed by atoms with Crippen molar-refractivity contribution >= 4 is 11.8 Å². The van der Waals surface area contributed by atoms with Crippen LogP contribution in [-0.4, -0.2) is 46.3 Å². The summed E-state index contributed by atoms with van der Waals surface area (Å²) in [5.41, 5.74) is -0.128. The highest BCUT2D eigenvalue weighted by Gasteiger charge is 2.16. The minimum absolute atomic E-state index is 0.128. The molecule has 0 saturated carbocycles. The second-order valence-electron chi connectivity index (χ2n) is 3.97. The number of hydrogen-bond donors (Lipinski definition) is 2. The zero-order valence-corrected chi connectivity index (χ0v) is 10.8. The van der Waals surface area contributed by atoms with E-state index in [9.17, 15) is 4.79 Å². The second kappa shape index (κ2) is 6.23. The smallest absolute Gasteiger partial charge is 0.343 e. The van der Waals surface area contributed by atoms with Gasteiger partial charge in [0.1, 0.15) is 0 Å². The summed E-state index contributed by atoms with van der Waals surface area (Å²) in [4.78, 5) is 11.5. The van der Waals surface area contributed by atoms with Crippen LogP contribution < -0.4 is 11.0 Å². The summed E-state index contributed by atoms with van der Waals surface area (Å²) in [6.07, 6.45) is 1.13. The van der Waals surface area contributed by atoms with E-state index in [1.807, 2.05) is 6.92 Å². The SMILES string of the molecule is CCCn1c(SCC2CNCCO2)n[nH]c1=O. The number of morpholine rings is 1. The van der Waals surface area contributed by atoms with E-state index in [4.69, 9.17) is 4.74 Å². The molecule has 96 valence electrons. The van der Waals surface area contributed by atoms with Gasteiger partial charge in [-0.05, 0) is 6.42 Å². The third-order valence-corrected chi connectivity index (χ3v) is 3.68. The summed E-state index contributed by atoms with van der Waals surface area (Å²) in [5, 5.41) is 10.6. The van der Waals surface area contributed by atoms with E-state index in [-0.39, 0.29) is 11.8 Å². The van der Waals surface area contributed by atoms with Crippen LogP contribution in [0.1, 0.15) is 13.3 Å². The van der Waals surface area contributed by atoms with E-state index in [0.29, 0.717) is 6.54 Å². The molecule has 17 heavy (non-hydrogen) atoms. The van der Waals surface area contributed by atoms with E-state index in [0.717, 1.165) is 37.0 Å². The molecule has 0 aromatic carbocycles. The van der Waals surface area contributed by atoms with Crippen molar-refractivity contribution in [2.24, 2.45) is 0 Å². The Morgan fingerprint density at radius 2 is 2.53 bits per heavy atom. The van der Waals surface area contributed by atoms with Crippen molar-refractivity contribution < 1.29 is 4.74 Å². The molecule has 1 saturated heterocycles. The first-order valence-corrected chi connectivity index (χ1v) is 6.90. The Kier molecular flexibility index (Phi) is 4.64. The summed E-state index contributed by atoms with van der Waals surface area (Å²) in [7, 11) is 0. The van der Waals surface area contributed by atoms with Gasteiger partial charge in [-0.3, -0.25) is 4.57 Å². The molecule has 1 aliphatic rings. The van der Waals surface area contributed by atoms with Crippen LogP contribution in [0.2, 0.25) is 0 Å². The van der Waals surface area contributed by atoms with Gasteiger partial charge in [0.2, 0.25) is 0 Å². The lowest BCUT2D eigenvalue weighted by molar-refractivity contribution is 0.0440. The number of aromatic amines is 1. The molecule has 0 radical (unpaired) electrons. The third-order valence-electron chi connectivity index (χ3n) is 2.57. The van der Waals surface area contributed by atoms with Crippen molar-refractivity contribution in [3.8, 4) is 0 Å². The lowest BCUT2D eigenvalue weighted by Gasteiger charge is -2.22. The zero-order chi connectivity index (χ0) is 12.1. The lowest BCUT2D eigenvalue weighted by atomic mass is 10.3. The van der Waals surface area contributed by atoms with Crippen LogP contribution in [0.15, 0.2) is 9.95 Å². The van der Waals surface area contributed by atoms with Crippen molar-refractivity contribution in [1.29, 1.82) is 0 Å². The summed E-state index contributed by atoms with van der Waals surface area (Å²) >= 11 is 1.57. The van der Waals surface area contributed by atoms with Gasteiger partial charge < -0.3 is 10.1 Å².